The van der Waals surface area contributed by atoms with Crippen LogP contribution in [0.2, 0.25) is 0 Å². The fourth-order valence-corrected chi connectivity index (χ4v) is 4.40. The van der Waals surface area contributed by atoms with E-state index in [0.717, 1.165) is 17.5 Å². The lowest BCUT2D eigenvalue weighted by Crippen LogP contribution is -2.48. The summed E-state index contributed by atoms with van der Waals surface area (Å²) in [5.74, 6) is -0.444. The van der Waals surface area contributed by atoms with Gasteiger partial charge in [-0.3, -0.25) is 4.79 Å². The van der Waals surface area contributed by atoms with Gasteiger partial charge in [0.25, 0.3) is 0 Å². The number of amides is 3. The SMILES string of the molecule is C=CCN(CC(=O)N1CCc2sccc2[C@H]1c1ccc(F)cc1)C(=O)N(C)C. The van der Waals surface area contributed by atoms with Crippen LogP contribution in [0.1, 0.15) is 22.0 Å². The first-order valence-electron chi connectivity index (χ1n) is 9.10. The Morgan fingerprint density at radius 3 is 2.64 bits per heavy atom. The summed E-state index contributed by atoms with van der Waals surface area (Å²) < 4.78 is 13.4. The molecule has 2 heterocycles. The first-order chi connectivity index (χ1) is 13.4. The van der Waals surface area contributed by atoms with Crippen molar-refractivity contribution in [3.63, 3.8) is 0 Å². The van der Waals surface area contributed by atoms with Gasteiger partial charge in [0.2, 0.25) is 5.91 Å². The second-order valence-electron chi connectivity index (χ2n) is 6.94. The summed E-state index contributed by atoms with van der Waals surface area (Å²) in [6.07, 6.45) is 2.39. The van der Waals surface area contributed by atoms with Crippen LogP contribution in [0.5, 0.6) is 0 Å². The number of urea groups is 1. The van der Waals surface area contributed by atoms with Crippen molar-refractivity contribution in [1.82, 2.24) is 14.7 Å². The Balaban J connectivity index is 1.90. The van der Waals surface area contributed by atoms with Crippen molar-refractivity contribution in [2.24, 2.45) is 0 Å². The lowest BCUT2D eigenvalue weighted by molar-refractivity contribution is -0.133. The average molecular weight is 402 g/mol. The largest absolute Gasteiger partial charge is 0.331 e. The zero-order chi connectivity index (χ0) is 20.3. The third-order valence-electron chi connectivity index (χ3n) is 4.80. The quantitative estimate of drug-likeness (QED) is 0.720. The molecule has 1 aromatic heterocycles. The molecule has 0 radical (unpaired) electrons. The number of hydrogen-bond donors (Lipinski definition) is 0. The van der Waals surface area contributed by atoms with Gasteiger partial charge in [-0.05, 0) is 41.1 Å². The predicted molar refractivity (Wildman–Crippen MR) is 109 cm³/mol. The summed E-state index contributed by atoms with van der Waals surface area (Å²) in [6.45, 7) is 4.51. The second kappa shape index (κ2) is 8.56. The summed E-state index contributed by atoms with van der Waals surface area (Å²) in [5.41, 5.74) is 1.94. The molecule has 0 aliphatic carbocycles. The van der Waals surface area contributed by atoms with Crippen molar-refractivity contribution in [3.05, 3.63) is 70.2 Å². The van der Waals surface area contributed by atoms with Crippen LogP contribution in [0.15, 0.2) is 48.4 Å². The van der Waals surface area contributed by atoms with Crippen molar-refractivity contribution >= 4 is 23.3 Å². The molecule has 3 amide bonds. The summed E-state index contributed by atoms with van der Waals surface area (Å²) in [7, 11) is 3.31. The average Bonchev–Trinajstić information content (AvgIpc) is 3.15. The van der Waals surface area contributed by atoms with Crippen molar-refractivity contribution < 1.29 is 14.0 Å². The molecule has 3 rings (SSSR count). The molecule has 0 saturated heterocycles. The van der Waals surface area contributed by atoms with Crippen LogP contribution in [0.25, 0.3) is 0 Å². The van der Waals surface area contributed by atoms with E-state index in [2.05, 4.69) is 6.58 Å². The second-order valence-corrected chi connectivity index (χ2v) is 7.94. The van der Waals surface area contributed by atoms with Gasteiger partial charge in [0.05, 0.1) is 6.04 Å². The molecule has 1 aliphatic heterocycles. The lowest BCUT2D eigenvalue weighted by Gasteiger charge is -2.37. The fourth-order valence-electron chi connectivity index (χ4n) is 3.49. The Kier molecular flexibility index (Phi) is 6.14. The van der Waals surface area contributed by atoms with E-state index < -0.39 is 0 Å². The maximum Gasteiger partial charge on any atom is 0.320 e. The Hall–Kier alpha value is -2.67. The molecular formula is C21H24FN3O2S. The maximum absolute atomic E-state index is 13.4. The van der Waals surface area contributed by atoms with Gasteiger partial charge >= 0.3 is 6.03 Å². The minimum atomic E-state index is -0.309. The van der Waals surface area contributed by atoms with E-state index in [1.54, 1.807) is 48.5 Å². The van der Waals surface area contributed by atoms with E-state index in [4.69, 9.17) is 0 Å². The molecule has 1 atom stereocenters. The summed E-state index contributed by atoms with van der Waals surface area (Å²) in [5, 5.41) is 2.02. The fraction of sp³-hybridized carbons (Fsp3) is 0.333. The minimum Gasteiger partial charge on any atom is -0.331 e. The lowest BCUT2D eigenvalue weighted by atomic mass is 9.93. The van der Waals surface area contributed by atoms with E-state index in [0.29, 0.717) is 13.1 Å². The van der Waals surface area contributed by atoms with Crippen molar-refractivity contribution in [2.75, 3.05) is 33.7 Å². The zero-order valence-corrected chi connectivity index (χ0v) is 16.9. The highest BCUT2D eigenvalue weighted by molar-refractivity contribution is 7.10. The number of fused-ring (bicyclic) bond motifs is 1. The molecule has 0 spiro atoms. The number of nitrogens with zero attached hydrogens (tertiary/aromatic N) is 3. The van der Waals surface area contributed by atoms with Crippen LogP contribution in [0.4, 0.5) is 9.18 Å². The highest BCUT2D eigenvalue weighted by Crippen LogP contribution is 2.37. The number of carbonyl (C=O) groups excluding carboxylic acids is 2. The van der Waals surface area contributed by atoms with Gasteiger partial charge in [0.1, 0.15) is 12.4 Å². The molecule has 0 unspecified atom stereocenters. The molecule has 1 aliphatic rings. The molecule has 7 heteroatoms. The van der Waals surface area contributed by atoms with Crippen molar-refractivity contribution in [2.45, 2.75) is 12.5 Å². The third kappa shape index (κ3) is 4.09. The summed E-state index contributed by atoms with van der Waals surface area (Å²) in [6, 6.07) is 7.79. The van der Waals surface area contributed by atoms with Gasteiger partial charge in [-0.1, -0.05) is 18.2 Å². The molecule has 28 heavy (non-hydrogen) atoms. The third-order valence-corrected chi connectivity index (χ3v) is 5.80. The summed E-state index contributed by atoms with van der Waals surface area (Å²) >= 11 is 1.68. The highest BCUT2D eigenvalue weighted by atomic mass is 32.1. The van der Waals surface area contributed by atoms with Gasteiger partial charge in [-0.15, -0.1) is 17.9 Å². The Morgan fingerprint density at radius 1 is 1.29 bits per heavy atom. The van der Waals surface area contributed by atoms with Crippen LogP contribution in [-0.4, -0.2) is 60.4 Å². The number of hydrogen-bond acceptors (Lipinski definition) is 3. The topological polar surface area (TPSA) is 43.9 Å². The molecule has 1 aromatic carbocycles. The number of rotatable bonds is 5. The molecule has 0 fully saturated rings. The van der Waals surface area contributed by atoms with Crippen molar-refractivity contribution in [1.29, 1.82) is 0 Å². The van der Waals surface area contributed by atoms with E-state index in [9.17, 15) is 14.0 Å². The predicted octanol–water partition coefficient (Wildman–Crippen LogP) is 3.53. The molecule has 0 N–H and O–H groups in total. The van der Waals surface area contributed by atoms with E-state index in [-0.39, 0.29) is 30.3 Å². The van der Waals surface area contributed by atoms with E-state index >= 15 is 0 Å². The van der Waals surface area contributed by atoms with Gasteiger partial charge in [0.15, 0.2) is 0 Å². The first-order valence-corrected chi connectivity index (χ1v) is 9.98. The van der Waals surface area contributed by atoms with Crippen LogP contribution < -0.4 is 0 Å². The Morgan fingerprint density at radius 2 is 2.00 bits per heavy atom. The molecule has 5 nitrogen and oxygen atoms in total. The molecular weight excluding hydrogens is 377 g/mol. The van der Waals surface area contributed by atoms with Crippen LogP contribution in [0.3, 0.4) is 0 Å². The van der Waals surface area contributed by atoms with Crippen LogP contribution in [-0.2, 0) is 11.2 Å². The standard InChI is InChI=1S/C21H24FN3O2S/c1-4-11-24(21(27)23(2)3)14-19(26)25-12-9-18-17(10-13-28-18)20(25)15-5-7-16(22)8-6-15/h4-8,10,13,20H,1,9,11-12,14H2,2-3H3/t20-/m1/s1. The Labute approximate surface area is 168 Å². The number of thiophene rings is 1. The maximum atomic E-state index is 13.4. The van der Waals surface area contributed by atoms with Gasteiger partial charge < -0.3 is 14.7 Å². The first kappa shape index (κ1) is 20.1. The van der Waals surface area contributed by atoms with Gasteiger partial charge in [-0.2, -0.15) is 0 Å². The van der Waals surface area contributed by atoms with Crippen LogP contribution in [0, 0.1) is 5.82 Å². The highest BCUT2D eigenvalue weighted by Gasteiger charge is 2.34. The van der Waals surface area contributed by atoms with Gasteiger partial charge in [0, 0.05) is 32.1 Å². The van der Waals surface area contributed by atoms with E-state index in [1.165, 1.54) is 26.8 Å². The smallest absolute Gasteiger partial charge is 0.320 e. The molecule has 148 valence electrons. The number of halogens is 1. The van der Waals surface area contributed by atoms with Crippen LogP contribution >= 0.6 is 11.3 Å². The zero-order valence-electron chi connectivity index (χ0n) is 16.1. The molecule has 0 saturated carbocycles. The Bertz CT molecular complexity index is 863. The van der Waals surface area contributed by atoms with Gasteiger partial charge in [-0.25, -0.2) is 9.18 Å². The summed E-state index contributed by atoms with van der Waals surface area (Å²) in [4.78, 5) is 31.5. The number of benzene rings is 1. The number of carbonyl (C=O) groups is 2. The monoisotopic (exact) mass is 401 g/mol. The minimum absolute atomic E-state index is 0.0276. The molecule has 2 aromatic rings. The van der Waals surface area contributed by atoms with E-state index in [1.807, 2.05) is 11.4 Å². The normalized spacial score (nSPS) is 15.7. The van der Waals surface area contributed by atoms with Crippen molar-refractivity contribution in [3.8, 4) is 0 Å². The molecule has 0 bridgehead atoms.